The second-order valence-electron chi connectivity index (χ2n) is 8.16. The molecule has 166 valence electrons. The van der Waals surface area contributed by atoms with Crippen molar-refractivity contribution in [1.82, 2.24) is 29.9 Å². The van der Waals surface area contributed by atoms with Crippen molar-refractivity contribution < 1.29 is 4.79 Å². The molecule has 0 saturated heterocycles. The Morgan fingerprint density at radius 2 is 1.91 bits per heavy atom. The summed E-state index contributed by atoms with van der Waals surface area (Å²) in [6, 6.07) is 16.1. The fourth-order valence-corrected chi connectivity index (χ4v) is 4.44. The van der Waals surface area contributed by atoms with E-state index in [-0.39, 0.29) is 11.9 Å². The Kier molecular flexibility index (Phi) is 5.75. The van der Waals surface area contributed by atoms with Crippen LogP contribution in [0.2, 0.25) is 0 Å². The predicted molar refractivity (Wildman–Crippen MR) is 130 cm³/mol. The average molecular weight is 457 g/mol. The number of thiophene rings is 1. The maximum absolute atomic E-state index is 13.2. The van der Waals surface area contributed by atoms with Crippen LogP contribution in [0.25, 0.3) is 21.6 Å². The first kappa shape index (κ1) is 21.1. The summed E-state index contributed by atoms with van der Waals surface area (Å²) < 4.78 is 3.75. The first-order chi connectivity index (χ1) is 16.1. The van der Waals surface area contributed by atoms with E-state index < -0.39 is 0 Å². The number of nitrogens with zero attached hydrogens (tertiary/aromatic N) is 5. The van der Waals surface area contributed by atoms with Crippen molar-refractivity contribution in [3.63, 3.8) is 0 Å². The monoisotopic (exact) mass is 456 g/mol. The molecule has 4 heterocycles. The summed E-state index contributed by atoms with van der Waals surface area (Å²) in [7, 11) is 0. The van der Waals surface area contributed by atoms with E-state index in [2.05, 4.69) is 41.5 Å². The van der Waals surface area contributed by atoms with Crippen molar-refractivity contribution in [3.05, 3.63) is 89.2 Å². The van der Waals surface area contributed by atoms with E-state index in [9.17, 15) is 4.79 Å². The van der Waals surface area contributed by atoms with Crippen LogP contribution in [0, 0.1) is 0 Å². The van der Waals surface area contributed by atoms with Gasteiger partial charge in [0, 0.05) is 25.0 Å². The van der Waals surface area contributed by atoms with Gasteiger partial charge in [-0.1, -0.05) is 30.3 Å². The van der Waals surface area contributed by atoms with E-state index in [0.717, 1.165) is 39.3 Å². The molecule has 1 aromatic carbocycles. The van der Waals surface area contributed by atoms with Crippen LogP contribution < -0.4 is 5.32 Å². The number of fused-ring (bicyclic) bond motifs is 1. The van der Waals surface area contributed by atoms with Crippen LogP contribution in [-0.4, -0.2) is 30.5 Å². The molecular weight excluding hydrogens is 432 g/mol. The quantitative estimate of drug-likeness (QED) is 0.377. The Hall–Kier alpha value is -3.78. The number of nitrogens with one attached hydrogen (secondary N) is 1. The van der Waals surface area contributed by atoms with E-state index in [1.165, 1.54) is 0 Å². The van der Waals surface area contributed by atoms with Gasteiger partial charge in [-0.2, -0.15) is 10.2 Å². The Morgan fingerprint density at radius 1 is 1.09 bits per heavy atom. The van der Waals surface area contributed by atoms with Crippen LogP contribution in [0.15, 0.2) is 72.5 Å². The van der Waals surface area contributed by atoms with Crippen LogP contribution >= 0.6 is 11.3 Å². The Morgan fingerprint density at radius 3 is 2.61 bits per heavy atom. The minimum absolute atomic E-state index is 0.135. The first-order valence-corrected chi connectivity index (χ1v) is 11.7. The summed E-state index contributed by atoms with van der Waals surface area (Å²) in [5.41, 5.74) is 4.29. The lowest BCUT2D eigenvalue weighted by Gasteiger charge is -2.11. The van der Waals surface area contributed by atoms with E-state index in [1.54, 1.807) is 23.7 Å². The zero-order chi connectivity index (χ0) is 22.8. The summed E-state index contributed by atoms with van der Waals surface area (Å²) in [5.74, 6) is -0.135. The minimum atomic E-state index is -0.135. The number of rotatable bonds is 7. The van der Waals surface area contributed by atoms with Crippen molar-refractivity contribution in [2.75, 3.05) is 0 Å². The third kappa shape index (κ3) is 4.42. The lowest BCUT2D eigenvalue weighted by Crippen LogP contribution is -2.23. The van der Waals surface area contributed by atoms with Gasteiger partial charge in [0.05, 0.1) is 34.3 Å². The summed E-state index contributed by atoms with van der Waals surface area (Å²) in [6.07, 6.45) is 5.45. The minimum Gasteiger partial charge on any atom is -0.348 e. The molecular formula is C25H24N6OS. The molecule has 8 heteroatoms. The van der Waals surface area contributed by atoms with Gasteiger partial charge in [-0.15, -0.1) is 11.3 Å². The molecule has 0 bridgehead atoms. The smallest absolute Gasteiger partial charge is 0.252 e. The molecule has 4 aromatic heterocycles. The number of hydrogen-bond acceptors (Lipinski definition) is 5. The molecule has 0 aliphatic heterocycles. The van der Waals surface area contributed by atoms with Crippen LogP contribution in [-0.2, 0) is 13.1 Å². The lowest BCUT2D eigenvalue weighted by molar-refractivity contribution is 0.0952. The summed E-state index contributed by atoms with van der Waals surface area (Å²) in [4.78, 5) is 19.1. The summed E-state index contributed by atoms with van der Waals surface area (Å²) in [5, 5.41) is 14.6. The molecule has 1 N–H and O–H groups in total. The molecule has 7 nitrogen and oxygen atoms in total. The highest BCUT2D eigenvalue weighted by molar-refractivity contribution is 7.13. The van der Waals surface area contributed by atoms with Gasteiger partial charge >= 0.3 is 0 Å². The summed E-state index contributed by atoms with van der Waals surface area (Å²) >= 11 is 1.60. The Bertz CT molecular complexity index is 1370. The van der Waals surface area contributed by atoms with Crippen LogP contribution in [0.1, 0.15) is 41.4 Å². The molecule has 0 fully saturated rings. The predicted octanol–water partition coefficient (Wildman–Crippen LogP) is 4.92. The van der Waals surface area contributed by atoms with Crippen molar-refractivity contribution in [3.8, 4) is 10.6 Å². The molecule has 5 rings (SSSR count). The first-order valence-electron chi connectivity index (χ1n) is 10.8. The molecule has 0 spiro atoms. The number of carbonyl (C=O) groups is 1. The fourth-order valence-electron chi connectivity index (χ4n) is 3.76. The number of amides is 1. The largest absolute Gasteiger partial charge is 0.348 e. The van der Waals surface area contributed by atoms with Crippen LogP contribution in [0.3, 0.4) is 0 Å². The van der Waals surface area contributed by atoms with Gasteiger partial charge in [0.2, 0.25) is 0 Å². The van der Waals surface area contributed by atoms with Gasteiger partial charge in [0.15, 0.2) is 5.65 Å². The van der Waals surface area contributed by atoms with Gasteiger partial charge in [-0.05, 0) is 48.6 Å². The maximum atomic E-state index is 13.2. The second-order valence-corrected chi connectivity index (χ2v) is 9.10. The SMILES string of the molecule is CC(C)n1ncc2c(C(=O)NCc3ccc(Cn4cccn4)cc3)cc(-c3cccs3)nc21. The molecule has 1 amide bonds. The molecule has 0 unspecified atom stereocenters. The van der Waals surface area contributed by atoms with Crippen molar-refractivity contribution in [2.24, 2.45) is 0 Å². The van der Waals surface area contributed by atoms with Crippen molar-refractivity contribution >= 4 is 28.3 Å². The Labute approximate surface area is 195 Å². The zero-order valence-electron chi connectivity index (χ0n) is 18.5. The molecule has 33 heavy (non-hydrogen) atoms. The van der Waals surface area contributed by atoms with E-state index in [4.69, 9.17) is 4.98 Å². The standard InChI is InChI=1S/C25H24N6OS/c1-17(2)31-24-21(15-28-31)20(13-22(29-24)23-5-3-12-33-23)25(32)26-14-18-6-8-19(9-7-18)16-30-11-4-10-27-30/h3-13,15,17H,14,16H2,1-2H3,(H,26,32). The van der Waals surface area contributed by atoms with Gasteiger partial charge in [-0.25, -0.2) is 9.67 Å². The number of hydrogen-bond donors (Lipinski definition) is 1. The van der Waals surface area contributed by atoms with Crippen LogP contribution in [0.5, 0.6) is 0 Å². The number of carbonyl (C=O) groups excluding carboxylic acids is 1. The average Bonchev–Trinajstić information content (AvgIpc) is 3.59. The molecule has 5 aromatic rings. The van der Waals surface area contributed by atoms with E-state index in [0.29, 0.717) is 12.1 Å². The van der Waals surface area contributed by atoms with Gasteiger partial charge in [0.25, 0.3) is 5.91 Å². The fraction of sp³-hybridized carbons (Fsp3) is 0.200. The number of pyridine rings is 1. The third-order valence-corrected chi connectivity index (χ3v) is 6.35. The molecule has 0 aliphatic rings. The maximum Gasteiger partial charge on any atom is 0.252 e. The zero-order valence-corrected chi connectivity index (χ0v) is 19.3. The molecule has 0 saturated carbocycles. The second kappa shape index (κ2) is 8.99. The van der Waals surface area contributed by atoms with Gasteiger partial charge in [-0.3, -0.25) is 9.48 Å². The highest BCUT2D eigenvalue weighted by Gasteiger charge is 2.18. The summed E-state index contributed by atoms with van der Waals surface area (Å²) in [6.45, 7) is 5.28. The molecule has 0 aliphatic carbocycles. The Balaban J connectivity index is 1.37. The topological polar surface area (TPSA) is 77.6 Å². The number of benzene rings is 1. The van der Waals surface area contributed by atoms with E-state index >= 15 is 0 Å². The third-order valence-electron chi connectivity index (χ3n) is 5.45. The van der Waals surface area contributed by atoms with Crippen molar-refractivity contribution in [2.45, 2.75) is 33.0 Å². The lowest BCUT2D eigenvalue weighted by atomic mass is 10.1. The molecule has 0 atom stereocenters. The highest BCUT2D eigenvalue weighted by Crippen LogP contribution is 2.29. The van der Waals surface area contributed by atoms with Gasteiger partial charge < -0.3 is 5.32 Å². The number of aromatic nitrogens is 5. The normalized spacial score (nSPS) is 11.4. The molecule has 0 radical (unpaired) electrons. The highest BCUT2D eigenvalue weighted by atomic mass is 32.1. The van der Waals surface area contributed by atoms with Gasteiger partial charge in [0.1, 0.15) is 0 Å². The van der Waals surface area contributed by atoms with E-state index in [1.807, 2.05) is 57.3 Å². The van der Waals surface area contributed by atoms with Crippen molar-refractivity contribution in [1.29, 1.82) is 0 Å². The van der Waals surface area contributed by atoms with Crippen LogP contribution in [0.4, 0.5) is 0 Å².